The highest BCUT2D eigenvalue weighted by Crippen LogP contribution is 2.36. The van der Waals surface area contributed by atoms with Crippen LogP contribution in [0.15, 0.2) is 73.3 Å². The van der Waals surface area contributed by atoms with Crippen LogP contribution >= 0.6 is 0 Å². The number of nitrogens with zero attached hydrogens (tertiary/aromatic N) is 2. The van der Waals surface area contributed by atoms with E-state index in [1.807, 2.05) is 13.8 Å². The van der Waals surface area contributed by atoms with Crippen LogP contribution in [-0.2, 0) is 4.79 Å². The SMILES string of the molecule is COc1cc2cncc(C(NC(=O)c3cccnc3)C(=O)c3cccc(OC(C)C)c3)c2cc1OC.O=C(O)C(F)(F)F. The summed E-state index contributed by atoms with van der Waals surface area (Å²) in [5.74, 6) is -1.92. The molecule has 1 amide bonds. The van der Waals surface area contributed by atoms with E-state index in [9.17, 15) is 22.8 Å². The predicted octanol–water partition coefficient (Wildman–Crippen LogP) is 5.42. The zero-order valence-corrected chi connectivity index (χ0v) is 23.5. The lowest BCUT2D eigenvalue weighted by atomic mass is 9.94. The fourth-order valence-electron chi connectivity index (χ4n) is 3.91. The first-order valence-corrected chi connectivity index (χ1v) is 12.7. The maximum Gasteiger partial charge on any atom is 0.490 e. The van der Waals surface area contributed by atoms with E-state index >= 15 is 0 Å². The van der Waals surface area contributed by atoms with E-state index in [2.05, 4.69) is 15.3 Å². The number of carbonyl (C=O) groups excluding carboxylic acids is 2. The molecule has 0 bridgehead atoms. The van der Waals surface area contributed by atoms with Crippen LogP contribution in [-0.4, -0.2) is 59.2 Å². The number of pyridine rings is 2. The van der Waals surface area contributed by atoms with Crippen molar-refractivity contribution in [3.05, 3.63) is 90.0 Å². The standard InChI is InChI=1S/C28H27N3O5.C2HF3O2/c1-17(2)36-21-9-5-7-18(11-21)27(32)26(31-28(33)19-8-6-10-29-14-19)23-16-30-15-20-12-24(34-3)25(35-4)13-22(20)23;3-2(4,5)1(6)7/h5-17,26H,1-4H3,(H,31,33);(H,6,7). The number of ether oxygens (including phenoxy) is 3. The van der Waals surface area contributed by atoms with Gasteiger partial charge in [-0.3, -0.25) is 19.6 Å². The Morgan fingerprint density at radius 3 is 2.12 bits per heavy atom. The number of nitrogens with one attached hydrogen (secondary N) is 1. The fourth-order valence-corrected chi connectivity index (χ4v) is 3.91. The molecule has 0 aliphatic carbocycles. The Kier molecular flexibility index (Phi) is 10.6. The van der Waals surface area contributed by atoms with Gasteiger partial charge in [-0.2, -0.15) is 13.2 Å². The van der Waals surface area contributed by atoms with Crippen molar-refractivity contribution in [2.75, 3.05) is 14.2 Å². The van der Waals surface area contributed by atoms with Crippen LogP contribution in [0.4, 0.5) is 13.2 Å². The van der Waals surface area contributed by atoms with Gasteiger partial charge in [-0.25, -0.2) is 4.79 Å². The number of fused-ring (bicyclic) bond motifs is 1. The lowest BCUT2D eigenvalue weighted by molar-refractivity contribution is -0.192. The smallest absolute Gasteiger partial charge is 0.490 e. The molecule has 0 aliphatic heterocycles. The number of hydrogen-bond donors (Lipinski definition) is 2. The van der Waals surface area contributed by atoms with Gasteiger partial charge in [0, 0.05) is 41.3 Å². The second-order valence-corrected chi connectivity index (χ2v) is 9.17. The van der Waals surface area contributed by atoms with Gasteiger partial charge < -0.3 is 24.6 Å². The summed E-state index contributed by atoms with van der Waals surface area (Å²) in [7, 11) is 3.09. The third kappa shape index (κ3) is 8.41. The van der Waals surface area contributed by atoms with Crippen molar-refractivity contribution >= 4 is 28.4 Å². The van der Waals surface area contributed by atoms with Crippen molar-refractivity contribution in [1.82, 2.24) is 15.3 Å². The van der Waals surface area contributed by atoms with Gasteiger partial charge in [0.2, 0.25) is 0 Å². The summed E-state index contributed by atoms with van der Waals surface area (Å²) in [4.78, 5) is 44.3. The number of alkyl halides is 3. The Balaban J connectivity index is 0.000000646. The number of methoxy groups -OCH3 is 2. The zero-order valence-electron chi connectivity index (χ0n) is 23.5. The first-order valence-electron chi connectivity index (χ1n) is 12.7. The van der Waals surface area contributed by atoms with Gasteiger partial charge in [-0.15, -0.1) is 0 Å². The molecule has 2 aromatic carbocycles. The van der Waals surface area contributed by atoms with Gasteiger partial charge in [0.05, 0.1) is 25.9 Å². The van der Waals surface area contributed by atoms with Crippen molar-refractivity contribution in [1.29, 1.82) is 0 Å². The van der Waals surface area contributed by atoms with Gasteiger partial charge in [0.25, 0.3) is 5.91 Å². The molecule has 0 fully saturated rings. The van der Waals surface area contributed by atoms with E-state index in [-0.39, 0.29) is 11.9 Å². The molecule has 0 radical (unpaired) electrons. The number of ketones is 1. The third-order valence-electron chi connectivity index (χ3n) is 5.80. The Hall–Kier alpha value is -5.20. The first-order chi connectivity index (χ1) is 20.3. The summed E-state index contributed by atoms with van der Waals surface area (Å²) < 4.78 is 48.4. The molecule has 1 unspecified atom stereocenters. The minimum atomic E-state index is -5.08. The lowest BCUT2D eigenvalue weighted by Gasteiger charge is -2.21. The van der Waals surface area contributed by atoms with Crippen LogP contribution in [0.1, 0.15) is 46.2 Å². The molecule has 43 heavy (non-hydrogen) atoms. The van der Waals surface area contributed by atoms with Gasteiger partial charge in [-0.05, 0) is 55.6 Å². The highest BCUT2D eigenvalue weighted by atomic mass is 19.4. The minimum Gasteiger partial charge on any atom is -0.493 e. The summed E-state index contributed by atoms with van der Waals surface area (Å²) >= 11 is 0. The highest BCUT2D eigenvalue weighted by Gasteiger charge is 2.38. The van der Waals surface area contributed by atoms with Crippen LogP contribution in [0.2, 0.25) is 0 Å². The van der Waals surface area contributed by atoms with Crippen LogP contribution in [0.3, 0.4) is 0 Å². The van der Waals surface area contributed by atoms with Gasteiger partial charge in [-0.1, -0.05) is 12.1 Å². The molecule has 2 aromatic heterocycles. The average molecular weight is 600 g/mol. The van der Waals surface area contributed by atoms with Gasteiger partial charge in [0.15, 0.2) is 17.3 Å². The van der Waals surface area contributed by atoms with E-state index in [0.717, 1.165) is 5.39 Å². The van der Waals surface area contributed by atoms with Crippen molar-refractivity contribution in [3.63, 3.8) is 0 Å². The van der Waals surface area contributed by atoms with E-state index in [1.165, 1.54) is 13.3 Å². The molecule has 0 saturated heterocycles. The molecular formula is C30H28F3N3O7. The number of amides is 1. The van der Waals surface area contributed by atoms with E-state index in [0.29, 0.717) is 39.3 Å². The topological polar surface area (TPSA) is 137 Å². The highest BCUT2D eigenvalue weighted by molar-refractivity contribution is 6.07. The van der Waals surface area contributed by atoms with E-state index in [4.69, 9.17) is 24.1 Å². The van der Waals surface area contributed by atoms with E-state index < -0.39 is 24.1 Å². The van der Waals surface area contributed by atoms with Gasteiger partial charge >= 0.3 is 12.1 Å². The molecule has 0 aliphatic rings. The molecule has 2 N–H and O–H groups in total. The number of rotatable bonds is 9. The normalized spacial score (nSPS) is 11.6. The second kappa shape index (κ2) is 14.1. The molecule has 2 heterocycles. The number of aromatic nitrogens is 2. The van der Waals surface area contributed by atoms with Gasteiger partial charge in [0.1, 0.15) is 11.8 Å². The Labute approximate surface area is 244 Å². The van der Waals surface area contributed by atoms with Crippen LogP contribution in [0.25, 0.3) is 10.8 Å². The molecule has 4 rings (SSSR count). The lowest BCUT2D eigenvalue weighted by Crippen LogP contribution is -2.34. The average Bonchev–Trinajstić information content (AvgIpc) is 2.98. The predicted molar refractivity (Wildman–Crippen MR) is 150 cm³/mol. The molecule has 13 heteroatoms. The molecular weight excluding hydrogens is 571 g/mol. The number of halogens is 3. The number of carbonyl (C=O) groups is 3. The number of benzene rings is 2. The number of aliphatic carboxylic acids is 1. The maximum atomic E-state index is 13.9. The summed E-state index contributed by atoms with van der Waals surface area (Å²) in [5, 5.41) is 11.4. The summed E-state index contributed by atoms with van der Waals surface area (Å²) in [6, 6.07) is 12.7. The zero-order chi connectivity index (χ0) is 31.7. The Morgan fingerprint density at radius 2 is 1.53 bits per heavy atom. The molecule has 226 valence electrons. The van der Waals surface area contributed by atoms with Crippen molar-refractivity contribution in [2.24, 2.45) is 0 Å². The quantitative estimate of drug-likeness (QED) is 0.242. The van der Waals surface area contributed by atoms with Crippen LogP contribution in [0, 0.1) is 0 Å². The summed E-state index contributed by atoms with van der Waals surface area (Å²) in [6.45, 7) is 3.82. The molecule has 0 saturated carbocycles. The number of carboxylic acids is 1. The largest absolute Gasteiger partial charge is 0.493 e. The number of hydrogen-bond acceptors (Lipinski definition) is 8. The number of Topliss-reactive ketones (excluding diaryl/α,β-unsaturated/α-hetero) is 1. The van der Waals surface area contributed by atoms with Crippen LogP contribution in [0.5, 0.6) is 17.2 Å². The summed E-state index contributed by atoms with van der Waals surface area (Å²) in [6.07, 6.45) is 1.13. The maximum absolute atomic E-state index is 13.9. The first kappa shape index (κ1) is 32.3. The van der Waals surface area contributed by atoms with Crippen molar-refractivity contribution in [3.8, 4) is 17.2 Å². The van der Waals surface area contributed by atoms with Crippen molar-refractivity contribution < 1.29 is 46.9 Å². The van der Waals surface area contributed by atoms with Crippen LogP contribution < -0.4 is 19.5 Å². The Morgan fingerprint density at radius 1 is 0.884 bits per heavy atom. The molecule has 10 nitrogen and oxygen atoms in total. The molecule has 4 aromatic rings. The van der Waals surface area contributed by atoms with Crippen molar-refractivity contribution in [2.45, 2.75) is 32.2 Å². The second-order valence-electron chi connectivity index (χ2n) is 9.17. The fraction of sp³-hybridized carbons (Fsp3) is 0.233. The number of carboxylic acid groups (broad SMARTS) is 1. The summed E-state index contributed by atoms with van der Waals surface area (Å²) in [5.41, 5.74) is 1.24. The Bertz CT molecular complexity index is 1600. The minimum absolute atomic E-state index is 0.0545. The molecule has 1 atom stereocenters. The van der Waals surface area contributed by atoms with E-state index in [1.54, 1.807) is 74.2 Å². The molecule has 0 spiro atoms. The monoisotopic (exact) mass is 599 g/mol. The third-order valence-corrected chi connectivity index (χ3v) is 5.80.